The summed E-state index contributed by atoms with van der Waals surface area (Å²) in [4.78, 5) is 0. The Morgan fingerprint density at radius 1 is 0.311 bits per heavy atom. The van der Waals surface area contributed by atoms with Gasteiger partial charge in [0.1, 0.15) is 0 Å². The zero-order chi connectivity index (χ0) is 29.5. The summed E-state index contributed by atoms with van der Waals surface area (Å²) in [6.07, 6.45) is 4.96. The monoisotopic (exact) mass is 591 g/mol. The largest absolute Gasteiger partial charge is 0.458 e. The van der Waals surface area contributed by atoms with Gasteiger partial charge in [0.15, 0.2) is 16.7 Å². The van der Waals surface area contributed by atoms with Crippen LogP contribution >= 0.6 is 0 Å². The summed E-state index contributed by atoms with van der Waals surface area (Å²) < 4.78 is 44.8. The Kier molecular flexibility index (Phi) is 4.81. The van der Waals surface area contributed by atoms with Gasteiger partial charge in [-0.15, -0.1) is 0 Å². The summed E-state index contributed by atoms with van der Waals surface area (Å²) in [5, 5.41) is 2.22. The number of hydrogen-bond donors (Lipinski definition) is 0. The highest BCUT2D eigenvalue weighted by atomic mass is 16.4. The van der Waals surface area contributed by atoms with Crippen LogP contribution in [0.3, 0.4) is 0 Å². The van der Waals surface area contributed by atoms with Crippen molar-refractivity contribution in [3.05, 3.63) is 128 Å². The molecule has 0 amide bonds. The molecule has 10 rings (SSSR count). The van der Waals surface area contributed by atoms with E-state index in [0.717, 1.165) is 33.2 Å². The van der Waals surface area contributed by atoms with Gasteiger partial charge in [-0.1, -0.05) is 54.6 Å². The molecule has 0 fully saturated rings. The molecular weight excluding hydrogens is 570 g/mol. The first-order valence-electron chi connectivity index (χ1n) is 14.4. The fourth-order valence-electron chi connectivity index (χ4n) is 6.16. The van der Waals surface area contributed by atoms with Gasteiger partial charge in [-0.3, -0.25) is 0 Å². The minimum absolute atomic E-state index is 0.407. The van der Waals surface area contributed by atoms with E-state index in [1.807, 2.05) is 123 Å². The molecule has 0 saturated carbocycles. The number of para-hydroxylation sites is 3. The minimum Gasteiger partial charge on any atom is -0.458 e. The molecule has 216 valence electrons. The van der Waals surface area contributed by atoms with Gasteiger partial charge in [-0.25, -0.2) is 13.7 Å². The Bertz CT molecular complexity index is 2330. The molecular formula is C36H21N3O6. The lowest BCUT2D eigenvalue weighted by Crippen LogP contribution is -1.97. The van der Waals surface area contributed by atoms with Crippen LogP contribution in [-0.2, 0) is 0 Å². The van der Waals surface area contributed by atoms with Crippen molar-refractivity contribution in [1.29, 1.82) is 0 Å². The van der Waals surface area contributed by atoms with Crippen molar-refractivity contribution >= 4 is 67.2 Å². The van der Waals surface area contributed by atoms with E-state index >= 15 is 0 Å². The molecule has 9 nitrogen and oxygen atoms in total. The van der Waals surface area contributed by atoms with Crippen molar-refractivity contribution in [2.24, 2.45) is 0 Å². The van der Waals surface area contributed by atoms with Crippen LogP contribution in [-0.4, -0.2) is 13.7 Å². The predicted octanol–water partition coefficient (Wildman–Crippen LogP) is 10.2. The van der Waals surface area contributed by atoms with Gasteiger partial charge in [0, 0.05) is 0 Å². The van der Waals surface area contributed by atoms with Gasteiger partial charge in [-0.05, 0) is 54.6 Å². The van der Waals surface area contributed by atoms with E-state index in [0.29, 0.717) is 51.0 Å². The first kappa shape index (κ1) is 24.0. The topological polar surface area (TPSA) is 93.6 Å². The number of benzene rings is 3. The molecule has 0 spiro atoms. The lowest BCUT2D eigenvalue weighted by molar-refractivity contribution is 0.546. The Hall–Kier alpha value is -6.48. The molecule has 0 radical (unpaired) electrons. The second-order valence-electron chi connectivity index (χ2n) is 10.6. The van der Waals surface area contributed by atoms with Gasteiger partial charge < -0.3 is 26.5 Å². The van der Waals surface area contributed by atoms with E-state index in [-0.39, 0.29) is 0 Å². The molecule has 7 aromatic heterocycles. The molecule has 0 unspecified atom stereocenters. The summed E-state index contributed by atoms with van der Waals surface area (Å²) in [6, 6.07) is 35.3. The molecule has 0 aliphatic carbocycles. The normalized spacial score (nSPS) is 12.0. The van der Waals surface area contributed by atoms with Crippen molar-refractivity contribution in [1.82, 2.24) is 13.7 Å². The lowest BCUT2D eigenvalue weighted by atomic mass is 10.3. The third-order valence-corrected chi connectivity index (χ3v) is 8.11. The number of furan rings is 6. The van der Waals surface area contributed by atoms with Crippen LogP contribution in [0.25, 0.3) is 84.3 Å². The van der Waals surface area contributed by atoms with Crippen LogP contribution in [0, 0.1) is 0 Å². The molecule has 0 aliphatic rings. The summed E-state index contributed by atoms with van der Waals surface area (Å²) in [6.45, 7) is 0. The van der Waals surface area contributed by atoms with Crippen LogP contribution in [0.2, 0.25) is 0 Å². The number of aromatic nitrogens is 3. The number of nitrogens with zero attached hydrogens (tertiary/aromatic N) is 3. The highest BCUT2D eigenvalue weighted by Gasteiger charge is 2.26. The Morgan fingerprint density at radius 2 is 0.600 bits per heavy atom. The van der Waals surface area contributed by atoms with Crippen molar-refractivity contribution < 1.29 is 26.5 Å². The van der Waals surface area contributed by atoms with Crippen LogP contribution in [0.4, 0.5) is 0 Å². The molecule has 3 aromatic carbocycles. The van der Waals surface area contributed by atoms with E-state index in [1.54, 1.807) is 18.8 Å². The average molecular weight is 592 g/mol. The summed E-state index contributed by atoms with van der Waals surface area (Å²) >= 11 is 0. The zero-order valence-corrected chi connectivity index (χ0v) is 23.4. The van der Waals surface area contributed by atoms with E-state index in [9.17, 15) is 0 Å². The number of hydrogen-bond acceptors (Lipinski definition) is 6. The van der Waals surface area contributed by atoms with Crippen molar-refractivity contribution in [3.8, 4) is 17.1 Å². The highest BCUT2D eigenvalue weighted by molar-refractivity contribution is 6.07. The first-order chi connectivity index (χ1) is 22.3. The van der Waals surface area contributed by atoms with Crippen molar-refractivity contribution in [2.45, 2.75) is 0 Å². The molecule has 6 bridgehead atoms. The average Bonchev–Trinajstić information content (AvgIpc) is 3.92. The van der Waals surface area contributed by atoms with Gasteiger partial charge in [0.2, 0.25) is 17.1 Å². The molecule has 0 aliphatic heterocycles. The maximum Gasteiger partial charge on any atom is 0.253 e. The SMILES string of the molecule is c1ccc(-n2c3oc(c4occc43)n(-c3ccccc3)c3oc(c4occc43)n(-c3ccccc3)c3oc2c2ccoc23)cc1. The van der Waals surface area contributed by atoms with E-state index in [2.05, 4.69) is 0 Å². The molecule has 0 atom stereocenters. The van der Waals surface area contributed by atoms with E-state index in [1.165, 1.54) is 0 Å². The van der Waals surface area contributed by atoms with Crippen molar-refractivity contribution in [3.63, 3.8) is 0 Å². The molecule has 0 N–H and O–H groups in total. The highest BCUT2D eigenvalue weighted by Crippen LogP contribution is 2.40. The van der Waals surface area contributed by atoms with E-state index < -0.39 is 0 Å². The number of rotatable bonds is 3. The lowest BCUT2D eigenvalue weighted by Gasteiger charge is -2.08. The molecule has 9 heteroatoms. The van der Waals surface area contributed by atoms with Crippen LogP contribution in [0.15, 0.2) is 154 Å². The van der Waals surface area contributed by atoms with Gasteiger partial charge >= 0.3 is 0 Å². The molecule has 7 heterocycles. The summed E-state index contributed by atoms with van der Waals surface area (Å²) in [5.74, 6) is 0. The molecule has 10 aromatic rings. The fourth-order valence-corrected chi connectivity index (χ4v) is 6.16. The Morgan fingerprint density at radius 3 is 0.933 bits per heavy atom. The van der Waals surface area contributed by atoms with Crippen molar-refractivity contribution in [2.75, 3.05) is 0 Å². The second-order valence-corrected chi connectivity index (χ2v) is 10.6. The first-order valence-corrected chi connectivity index (χ1v) is 14.4. The van der Waals surface area contributed by atoms with Crippen LogP contribution in [0.5, 0.6) is 0 Å². The summed E-state index contributed by atoms with van der Waals surface area (Å²) in [5.41, 5.74) is 6.75. The second kappa shape index (κ2) is 9.01. The van der Waals surface area contributed by atoms with Crippen LogP contribution in [0.1, 0.15) is 0 Å². The quantitative estimate of drug-likeness (QED) is 0.203. The Labute approximate surface area is 252 Å². The third-order valence-electron chi connectivity index (χ3n) is 8.11. The smallest absolute Gasteiger partial charge is 0.253 e. The van der Waals surface area contributed by atoms with Gasteiger partial charge in [-0.2, -0.15) is 0 Å². The predicted molar refractivity (Wildman–Crippen MR) is 169 cm³/mol. The summed E-state index contributed by atoms with van der Waals surface area (Å²) in [7, 11) is 0. The molecule has 0 saturated heterocycles. The maximum absolute atomic E-state index is 6.87. The maximum atomic E-state index is 6.87. The van der Waals surface area contributed by atoms with Gasteiger partial charge in [0.05, 0.1) is 52.0 Å². The molecule has 45 heavy (non-hydrogen) atoms. The zero-order valence-electron chi connectivity index (χ0n) is 23.4. The minimum atomic E-state index is 0.407. The standard InChI is InChI=1S/C36H21N3O6/c1-4-10-22(11-5-1)37-31-25-16-19-40-28(25)34(43-31)38(23-12-6-2-7-13-23)33-27-18-21-42-30(27)36(45-33)39(24-14-8-3-9-15-24)35-29-26(17-20-41-29)32(37)44-35/h1-21H. The Balaban J connectivity index is 1.59. The van der Waals surface area contributed by atoms with E-state index in [4.69, 9.17) is 26.5 Å². The van der Waals surface area contributed by atoms with Crippen LogP contribution < -0.4 is 0 Å². The third kappa shape index (κ3) is 3.31. The van der Waals surface area contributed by atoms with Gasteiger partial charge in [0.25, 0.3) is 17.1 Å². The fraction of sp³-hybridized carbons (Fsp3) is 0.